The predicted molar refractivity (Wildman–Crippen MR) is 82.7 cm³/mol. The van der Waals surface area contributed by atoms with E-state index in [1.54, 1.807) is 9.80 Å². The lowest BCUT2D eigenvalue weighted by Gasteiger charge is -2.44. The molecule has 0 aromatic rings. The number of carbonyl (C=O) groups excluding carboxylic acids is 2. The number of piperidine rings is 1. The highest BCUT2D eigenvalue weighted by Gasteiger charge is 2.41. The lowest BCUT2D eigenvalue weighted by atomic mass is 9.81. The first-order valence-corrected chi connectivity index (χ1v) is 8.17. The van der Waals surface area contributed by atoms with Crippen molar-refractivity contribution in [2.24, 2.45) is 11.3 Å². The van der Waals surface area contributed by atoms with E-state index < -0.39 is 0 Å². The molecule has 0 spiro atoms. The molecule has 2 rings (SSSR count). The van der Waals surface area contributed by atoms with Crippen LogP contribution < -0.4 is 0 Å². The van der Waals surface area contributed by atoms with Crippen LogP contribution in [0.25, 0.3) is 0 Å². The van der Waals surface area contributed by atoms with Crippen LogP contribution in [0.2, 0.25) is 0 Å². The van der Waals surface area contributed by atoms with Crippen molar-refractivity contribution in [3.63, 3.8) is 0 Å². The molecule has 2 aliphatic heterocycles. The minimum Gasteiger partial charge on any atom is -0.331 e. The quantitative estimate of drug-likeness (QED) is 0.807. The van der Waals surface area contributed by atoms with E-state index in [1.807, 2.05) is 0 Å². The summed E-state index contributed by atoms with van der Waals surface area (Å²) in [4.78, 5) is 28.4. The maximum atomic E-state index is 12.6. The second-order valence-corrected chi connectivity index (χ2v) is 7.43. The minimum atomic E-state index is -0.203. The van der Waals surface area contributed by atoms with Crippen LogP contribution in [0.4, 0.5) is 0 Å². The molecule has 0 bridgehead atoms. The SMILES string of the molecule is CC(C)(C)C(CS)CN1CC(=O)N2CCCCC2C1=O. The molecule has 2 saturated heterocycles. The lowest BCUT2D eigenvalue weighted by Crippen LogP contribution is -2.62. The van der Waals surface area contributed by atoms with Crippen molar-refractivity contribution in [3.05, 3.63) is 0 Å². The summed E-state index contributed by atoms with van der Waals surface area (Å²) in [6.45, 7) is 8.13. The molecule has 2 amide bonds. The fourth-order valence-electron chi connectivity index (χ4n) is 3.06. The first-order chi connectivity index (χ1) is 9.34. The standard InChI is InChI=1S/C15H26N2O2S/c1-15(2,3)11(10-20)8-16-9-13(18)17-7-5-4-6-12(17)14(16)19/h11-12,20H,4-10H2,1-3H3. The number of thiol groups is 1. The summed E-state index contributed by atoms with van der Waals surface area (Å²) in [5.74, 6) is 1.29. The molecule has 2 atom stereocenters. The second kappa shape index (κ2) is 5.96. The molecule has 2 fully saturated rings. The zero-order valence-electron chi connectivity index (χ0n) is 12.8. The first kappa shape index (κ1) is 15.7. The smallest absolute Gasteiger partial charge is 0.245 e. The fraction of sp³-hybridized carbons (Fsp3) is 0.867. The van der Waals surface area contributed by atoms with E-state index in [4.69, 9.17) is 0 Å². The molecule has 2 aliphatic rings. The normalized spacial score (nSPS) is 25.7. The Morgan fingerprint density at radius 1 is 1.30 bits per heavy atom. The van der Waals surface area contributed by atoms with E-state index in [0.29, 0.717) is 12.5 Å². The number of hydrogen-bond donors (Lipinski definition) is 1. The number of fused-ring (bicyclic) bond motifs is 1. The monoisotopic (exact) mass is 298 g/mol. The summed E-state index contributed by atoms with van der Waals surface area (Å²) in [6, 6.07) is -0.203. The summed E-state index contributed by atoms with van der Waals surface area (Å²) in [7, 11) is 0. The number of carbonyl (C=O) groups is 2. The maximum absolute atomic E-state index is 12.6. The Hall–Kier alpha value is -0.710. The number of hydrogen-bond acceptors (Lipinski definition) is 3. The third-order valence-electron chi connectivity index (χ3n) is 4.63. The van der Waals surface area contributed by atoms with Crippen molar-refractivity contribution in [1.82, 2.24) is 9.80 Å². The maximum Gasteiger partial charge on any atom is 0.245 e. The van der Waals surface area contributed by atoms with Gasteiger partial charge in [-0.3, -0.25) is 9.59 Å². The van der Waals surface area contributed by atoms with Gasteiger partial charge in [-0.15, -0.1) is 0 Å². The molecule has 114 valence electrons. The highest BCUT2D eigenvalue weighted by molar-refractivity contribution is 7.80. The van der Waals surface area contributed by atoms with Crippen molar-refractivity contribution < 1.29 is 9.59 Å². The van der Waals surface area contributed by atoms with Crippen molar-refractivity contribution in [1.29, 1.82) is 0 Å². The van der Waals surface area contributed by atoms with Crippen LogP contribution in [0, 0.1) is 11.3 Å². The van der Waals surface area contributed by atoms with Gasteiger partial charge in [0.15, 0.2) is 0 Å². The summed E-state index contributed by atoms with van der Waals surface area (Å²) in [5.41, 5.74) is 0.0920. The highest BCUT2D eigenvalue weighted by atomic mass is 32.1. The molecule has 0 N–H and O–H groups in total. The fourth-order valence-corrected chi connectivity index (χ4v) is 3.72. The first-order valence-electron chi connectivity index (χ1n) is 7.53. The minimum absolute atomic E-state index is 0.0920. The summed E-state index contributed by atoms with van der Waals surface area (Å²) in [5, 5.41) is 0. The molecule has 0 saturated carbocycles. The number of piperazine rings is 1. The van der Waals surface area contributed by atoms with Crippen molar-refractivity contribution in [2.75, 3.05) is 25.4 Å². The molecule has 20 heavy (non-hydrogen) atoms. The van der Waals surface area contributed by atoms with Gasteiger partial charge in [0.1, 0.15) is 6.04 Å². The van der Waals surface area contributed by atoms with Gasteiger partial charge in [-0.05, 0) is 36.3 Å². The topological polar surface area (TPSA) is 40.6 Å². The van der Waals surface area contributed by atoms with Gasteiger partial charge >= 0.3 is 0 Å². The average molecular weight is 298 g/mol. The highest BCUT2D eigenvalue weighted by Crippen LogP contribution is 2.30. The van der Waals surface area contributed by atoms with Gasteiger partial charge in [0.2, 0.25) is 11.8 Å². The van der Waals surface area contributed by atoms with Crippen molar-refractivity contribution in [2.45, 2.75) is 46.1 Å². The molecule has 0 aromatic carbocycles. The van der Waals surface area contributed by atoms with Gasteiger partial charge in [-0.1, -0.05) is 20.8 Å². The number of amides is 2. The third-order valence-corrected chi connectivity index (χ3v) is 5.07. The van der Waals surface area contributed by atoms with E-state index in [9.17, 15) is 9.59 Å². The molecule has 0 aromatic heterocycles. The van der Waals surface area contributed by atoms with Crippen LogP contribution in [0.3, 0.4) is 0 Å². The molecular weight excluding hydrogens is 272 g/mol. The van der Waals surface area contributed by atoms with Gasteiger partial charge in [-0.2, -0.15) is 12.6 Å². The van der Waals surface area contributed by atoms with Crippen LogP contribution in [0.5, 0.6) is 0 Å². The zero-order chi connectivity index (χ0) is 14.9. The Balaban J connectivity index is 2.09. The second-order valence-electron chi connectivity index (χ2n) is 7.06. The van der Waals surface area contributed by atoms with E-state index in [1.165, 1.54) is 0 Å². The Morgan fingerprint density at radius 2 is 2.00 bits per heavy atom. The number of rotatable bonds is 3. The van der Waals surface area contributed by atoms with E-state index in [2.05, 4.69) is 33.4 Å². The molecule has 0 aliphatic carbocycles. The summed E-state index contributed by atoms with van der Waals surface area (Å²) in [6.07, 6.45) is 2.89. The summed E-state index contributed by atoms with van der Waals surface area (Å²) >= 11 is 4.42. The van der Waals surface area contributed by atoms with Gasteiger partial charge < -0.3 is 9.80 Å². The van der Waals surface area contributed by atoms with Crippen molar-refractivity contribution in [3.8, 4) is 0 Å². The van der Waals surface area contributed by atoms with E-state index >= 15 is 0 Å². The van der Waals surface area contributed by atoms with Crippen LogP contribution >= 0.6 is 12.6 Å². The van der Waals surface area contributed by atoms with Crippen molar-refractivity contribution >= 4 is 24.4 Å². The van der Waals surface area contributed by atoms with Gasteiger partial charge in [0.25, 0.3) is 0 Å². The Morgan fingerprint density at radius 3 is 2.60 bits per heavy atom. The van der Waals surface area contributed by atoms with Crippen LogP contribution in [-0.2, 0) is 9.59 Å². The van der Waals surface area contributed by atoms with Crippen LogP contribution in [0.1, 0.15) is 40.0 Å². The van der Waals surface area contributed by atoms with Gasteiger partial charge in [-0.25, -0.2) is 0 Å². The Kier molecular flexibility index (Phi) is 4.67. The molecule has 4 nitrogen and oxygen atoms in total. The van der Waals surface area contributed by atoms with Gasteiger partial charge in [0.05, 0.1) is 6.54 Å². The predicted octanol–water partition coefficient (Wildman–Crippen LogP) is 1.80. The van der Waals surface area contributed by atoms with E-state index in [-0.39, 0.29) is 29.8 Å². The third kappa shape index (κ3) is 3.13. The van der Waals surface area contributed by atoms with Gasteiger partial charge in [0, 0.05) is 13.1 Å². The molecule has 2 unspecified atom stereocenters. The van der Waals surface area contributed by atoms with Crippen LogP contribution in [0.15, 0.2) is 0 Å². The molecule has 2 heterocycles. The molecule has 5 heteroatoms. The lowest BCUT2D eigenvalue weighted by molar-refractivity contribution is -0.158. The van der Waals surface area contributed by atoms with Crippen LogP contribution in [-0.4, -0.2) is 53.0 Å². The Labute approximate surface area is 127 Å². The molecular formula is C15H26N2O2S. The van der Waals surface area contributed by atoms with E-state index in [0.717, 1.165) is 31.6 Å². The number of nitrogens with zero attached hydrogens (tertiary/aromatic N) is 2. The molecule has 0 radical (unpaired) electrons. The average Bonchev–Trinajstić information content (AvgIpc) is 2.40. The summed E-state index contributed by atoms with van der Waals surface area (Å²) < 4.78 is 0. The largest absolute Gasteiger partial charge is 0.331 e. The zero-order valence-corrected chi connectivity index (χ0v) is 13.7. The Bertz CT molecular complexity index is 392.